The minimum absolute atomic E-state index is 0.0949. The number of benzene rings is 2. The summed E-state index contributed by atoms with van der Waals surface area (Å²) in [6, 6.07) is 18.4. The highest BCUT2D eigenvalue weighted by Crippen LogP contribution is 2.44. The van der Waals surface area contributed by atoms with Gasteiger partial charge < -0.3 is 24.1 Å². The molecule has 4 aromatic rings. The fourth-order valence-corrected chi connectivity index (χ4v) is 5.06. The number of alkyl carbamates (subject to hydrolysis) is 1. The van der Waals surface area contributed by atoms with Crippen molar-refractivity contribution in [2.24, 2.45) is 0 Å². The summed E-state index contributed by atoms with van der Waals surface area (Å²) in [5.41, 5.74) is 4.43. The second-order valence-electron chi connectivity index (χ2n) is 8.19. The molecule has 0 aliphatic heterocycles. The Balaban J connectivity index is 1.11. The number of carbonyl (C=O) groups excluding carboxylic acids is 1. The molecule has 0 saturated heterocycles. The zero-order chi connectivity index (χ0) is 24.9. The number of aliphatic carboxylic acids is 1. The summed E-state index contributed by atoms with van der Waals surface area (Å²) < 4.78 is 15.9. The molecule has 1 aliphatic carbocycles. The SMILES string of the molecule is O=C(NC(CCSCc1nc(-c2ccco2)no1)C(=O)O)OCC1c2ccccc2-c2ccccc21. The summed E-state index contributed by atoms with van der Waals surface area (Å²) in [6.07, 6.45) is 0.980. The number of nitrogens with one attached hydrogen (secondary N) is 1. The van der Waals surface area contributed by atoms with Gasteiger partial charge in [0.25, 0.3) is 0 Å². The number of aromatic nitrogens is 2. The van der Waals surface area contributed by atoms with Gasteiger partial charge in [-0.3, -0.25) is 0 Å². The van der Waals surface area contributed by atoms with Crippen LogP contribution in [0.4, 0.5) is 4.79 Å². The zero-order valence-electron chi connectivity index (χ0n) is 19.1. The second kappa shape index (κ2) is 10.7. The fourth-order valence-electron chi connectivity index (χ4n) is 4.22. The summed E-state index contributed by atoms with van der Waals surface area (Å²) in [6.45, 7) is 0.121. The molecule has 0 spiro atoms. The average Bonchev–Trinajstić information content (AvgIpc) is 3.64. The van der Waals surface area contributed by atoms with Gasteiger partial charge in [-0.15, -0.1) is 0 Å². The molecule has 0 saturated carbocycles. The molecule has 2 N–H and O–H groups in total. The number of furan rings is 1. The maximum atomic E-state index is 12.5. The van der Waals surface area contributed by atoms with E-state index in [2.05, 4.69) is 27.6 Å². The summed E-state index contributed by atoms with van der Waals surface area (Å²) in [4.78, 5) is 28.4. The van der Waals surface area contributed by atoms with Crippen molar-refractivity contribution < 1.29 is 28.4 Å². The van der Waals surface area contributed by atoms with Crippen LogP contribution in [0.25, 0.3) is 22.7 Å². The van der Waals surface area contributed by atoms with Gasteiger partial charge in [0.05, 0.1) is 12.0 Å². The third kappa shape index (κ3) is 5.13. The first kappa shape index (κ1) is 23.7. The molecule has 184 valence electrons. The number of carbonyl (C=O) groups is 2. The number of fused-ring (bicyclic) bond motifs is 3. The Kier molecular flexibility index (Phi) is 7.03. The van der Waals surface area contributed by atoms with Gasteiger partial charge in [-0.25, -0.2) is 9.59 Å². The number of carboxylic acid groups (broad SMARTS) is 1. The van der Waals surface area contributed by atoms with Crippen LogP contribution in [0.15, 0.2) is 75.9 Å². The first-order chi connectivity index (χ1) is 17.6. The lowest BCUT2D eigenvalue weighted by Gasteiger charge is -2.17. The Labute approximate surface area is 210 Å². The third-order valence-corrected chi connectivity index (χ3v) is 6.90. The van der Waals surface area contributed by atoms with Crippen LogP contribution < -0.4 is 5.32 Å². The van der Waals surface area contributed by atoms with Gasteiger partial charge in [0.1, 0.15) is 12.6 Å². The summed E-state index contributed by atoms with van der Waals surface area (Å²) >= 11 is 1.43. The van der Waals surface area contributed by atoms with E-state index in [1.165, 1.54) is 18.0 Å². The summed E-state index contributed by atoms with van der Waals surface area (Å²) in [7, 11) is 0. The number of thioether (sulfide) groups is 1. The van der Waals surface area contributed by atoms with Crippen molar-refractivity contribution in [3.63, 3.8) is 0 Å². The first-order valence-corrected chi connectivity index (χ1v) is 12.5. The van der Waals surface area contributed by atoms with E-state index in [0.717, 1.165) is 22.3 Å². The largest absolute Gasteiger partial charge is 0.480 e. The monoisotopic (exact) mass is 505 g/mol. The topological polar surface area (TPSA) is 128 Å². The highest BCUT2D eigenvalue weighted by atomic mass is 32.2. The third-order valence-electron chi connectivity index (χ3n) is 5.92. The Hall–Kier alpha value is -4.05. The molecule has 1 unspecified atom stereocenters. The molecule has 0 radical (unpaired) electrons. The van der Waals surface area contributed by atoms with E-state index in [-0.39, 0.29) is 18.9 Å². The van der Waals surface area contributed by atoms with Crippen molar-refractivity contribution in [2.45, 2.75) is 24.1 Å². The molecule has 1 aliphatic rings. The minimum atomic E-state index is -1.12. The average molecular weight is 506 g/mol. The normalized spacial score (nSPS) is 13.1. The van der Waals surface area contributed by atoms with Gasteiger partial charge in [-0.05, 0) is 46.6 Å². The van der Waals surface area contributed by atoms with Crippen molar-refractivity contribution in [3.05, 3.63) is 83.9 Å². The van der Waals surface area contributed by atoms with E-state index in [1.54, 1.807) is 12.1 Å². The van der Waals surface area contributed by atoms with Gasteiger partial charge in [-0.2, -0.15) is 16.7 Å². The Morgan fingerprint density at radius 3 is 2.44 bits per heavy atom. The molecule has 36 heavy (non-hydrogen) atoms. The van der Waals surface area contributed by atoms with Gasteiger partial charge in [0.15, 0.2) is 5.76 Å². The van der Waals surface area contributed by atoms with E-state index in [4.69, 9.17) is 13.7 Å². The number of ether oxygens (including phenoxy) is 1. The van der Waals surface area contributed by atoms with Crippen LogP contribution in [0.1, 0.15) is 29.4 Å². The number of carboxylic acids is 1. The van der Waals surface area contributed by atoms with Crippen LogP contribution >= 0.6 is 11.8 Å². The molecule has 2 heterocycles. The van der Waals surface area contributed by atoms with Crippen LogP contribution in [-0.2, 0) is 15.3 Å². The Morgan fingerprint density at radius 2 is 1.78 bits per heavy atom. The van der Waals surface area contributed by atoms with Gasteiger partial charge in [0, 0.05) is 5.92 Å². The summed E-state index contributed by atoms with van der Waals surface area (Å²) in [5.74, 6) is 0.917. The maximum Gasteiger partial charge on any atom is 0.407 e. The summed E-state index contributed by atoms with van der Waals surface area (Å²) in [5, 5.41) is 15.9. The van der Waals surface area contributed by atoms with Crippen molar-refractivity contribution in [1.82, 2.24) is 15.5 Å². The highest BCUT2D eigenvalue weighted by Gasteiger charge is 2.29. The Bertz CT molecular complexity index is 1310. The first-order valence-electron chi connectivity index (χ1n) is 11.4. The van der Waals surface area contributed by atoms with Crippen LogP contribution in [0.5, 0.6) is 0 Å². The van der Waals surface area contributed by atoms with E-state index < -0.39 is 18.1 Å². The molecule has 2 aromatic heterocycles. The zero-order valence-corrected chi connectivity index (χ0v) is 19.9. The van der Waals surface area contributed by atoms with Crippen LogP contribution in [0.3, 0.4) is 0 Å². The maximum absolute atomic E-state index is 12.5. The smallest absolute Gasteiger partial charge is 0.407 e. The molecular weight excluding hydrogens is 482 g/mol. The number of nitrogens with zero attached hydrogens (tertiary/aromatic N) is 2. The van der Waals surface area contributed by atoms with Gasteiger partial charge >= 0.3 is 12.1 Å². The number of hydrogen-bond acceptors (Lipinski definition) is 8. The standard InChI is InChI=1S/C26H23N3O6S/c30-25(31)21(11-13-36-15-23-28-24(29-35-23)22-10-5-12-33-22)27-26(32)34-14-20-18-8-3-1-6-16(18)17-7-2-4-9-19(17)20/h1-10,12,20-21H,11,13-15H2,(H,27,32)(H,30,31). The van der Waals surface area contributed by atoms with Crippen molar-refractivity contribution in [2.75, 3.05) is 12.4 Å². The van der Waals surface area contributed by atoms with E-state index in [9.17, 15) is 14.7 Å². The van der Waals surface area contributed by atoms with Gasteiger partial charge in [0.2, 0.25) is 11.7 Å². The predicted octanol–water partition coefficient (Wildman–Crippen LogP) is 4.94. The van der Waals surface area contributed by atoms with Crippen molar-refractivity contribution >= 4 is 23.8 Å². The van der Waals surface area contributed by atoms with E-state index in [1.807, 2.05) is 36.4 Å². The molecule has 1 amide bonds. The number of rotatable bonds is 10. The number of hydrogen-bond donors (Lipinski definition) is 2. The second-order valence-corrected chi connectivity index (χ2v) is 9.30. The van der Waals surface area contributed by atoms with Crippen LogP contribution in [0.2, 0.25) is 0 Å². The Morgan fingerprint density at radius 1 is 1.06 bits per heavy atom. The lowest BCUT2D eigenvalue weighted by atomic mass is 9.98. The van der Waals surface area contributed by atoms with E-state index >= 15 is 0 Å². The fraction of sp³-hybridized carbons (Fsp3) is 0.231. The van der Waals surface area contributed by atoms with Crippen molar-refractivity contribution in [3.8, 4) is 22.7 Å². The van der Waals surface area contributed by atoms with Crippen molar-refractivity contribution in [1.29, 1.82) is 0 Å². The molecule has 0 bridgehead atoms. The van der Waals surface area contributed by atoms with Gasteiger partial charge in [-0.1, -0.05) is 53.7 Å². The molecule has 1 atom stereocenters. The molecule has 2 aromatic carbocycles. The number of amides is 1. The lowest BCUT2D eigenvalue weighted by molar-refractivity contribution is -0.139. The van der Waals surface area contributed by atoms with Crippen LogP contribution in [0, 0.1) is 0 Å². The van der Waals surface area contributed by atoms with E-state index in [0.29, 0.717) is 29.0 Å². The molecule has 10 heteroatoms. The lowest BCUT2D eigenvalue weighted by Crippen LogP contribution is -2.41. The predicted molar refractivity (Wildman–Crippen MR) is 132 cm³/mol. The molecule has 0 fully saturated rings. The minimum Gasteiger partial charge on any atom is -0.480 e. The molecule has 5 rings (SSSR count). The quantitative estimate of drug-likeness (QED) is 0.288. The molecular formula is C26H23N3O6S. The van der Waals surface area contributed by atoms with Crippen LogP contribution in [-0.4, -0.2) is 45.7 Å². The molecule has 9 nitrogen and oxygen atoms in total. The highest BCUT2D eigenvalue weighted by molar-refractivity contribution is 7.98.